The van der Waals surface area contributed by atoms with Gasteiger partial charge < -0.3 is 19.6 Å². The number of rotatable bonds is 2. The summed E-state index contributed by atoms with van der Waals surface area (Å²) in [4.78, 5) is 14.7. The maximum absolute atomic E-state index is 12.2. The topological polar surface area (TPSA) is 53.0 Å². The van der Waals surface area contributed by atoms with Gasteiger partial charge in [0.1, 0.15) is 5.75 Å². The van der Waals surface area contributed by atoms with Crippen LogP contribution in [0.1, 0.15) is 6.92 Å². The summed E-state index contributed by atoms with van der Waals surface area (Å²) in [7, 11) is 0. The molecule has 2 aliphatic rings. The molecule has 2 aliphatic heterocycles. The Morgan fingerprint density at radius 1 is 1.22 bits per heavy atom. The van der Waals surface area contributed by atoms with E-state index < -0.39 is 12.5 Å². The first-order chi connectivity index (χ1) is 10.7. The highest BCUT2D eigenvalue weighted by Crippen LogP contribution is 2.38. The average Bonchev–Trinajstić information content (AvgIpc) is 2.98. The highest BCUT2D eigenvalue weighted by molar-refractivity contribution is 5.66. The second-order valence-electron chi connectivity index (χ2n) is 6.05. The Morgan fingerprint density at radius 2 is 1.87 bits per heavy atom. The average molecular weight is 330 g/mol. The van der Waals surface area contributed by atoms with Gasteiger partial charge >= 0.3 is 12.5 Å². The first-order valence-corrected chi connectivity index (χ1v) is 7.35. The van der Waals surface area contributed by atoms with Crippen LogP contribution in [0.5, 0.6) is 5.75 Å². The van der Waals surface area contributed by atoms with Crippen molar-refractivity contribution in [3.63, 3.8) is 0 Å². The van der Waals surface area contributed by atoms with E-state index in [4.69, 9.17) is 5.11 Å². The van der Waals surface area contributed by atoms with Crippen molar-refractivity contribution in [2.24, 2.45) is 11.8 Å². The van der Waals surface area contributed by atoms with Crippen LogP contribution in [0, 0.1) is 11.8 Å². The van der Waals surface area contributed by atoms with Crippen LogP contribution in [0.3, 0.4) is 0 Å². The summed E-state index contributed by atoms with van der Waals surface area (Å²) in [6, 6.07) is 5.74. The Morgan fingerprint density at radius 3 is 2.39 bits per heavy atom. The Hall–Kier alpha value is -2.12. The van der Waals surface area contributed by atoms with E-state index in [0.717, 1.165) is 5.69 Å². The monoisotopic (exact) mass is 330 g/mol. The summed E-state index contributed by atoms with van der Waals surface area (Å²) in [5.41, 5.74) is 0.822. The number of carboxylic acid groups (broad SMARTS) is 1. The van der Waals surface area contributed by atoms with Gasteiger partial charge in [0.05, 0.1) is 0 Å². The summed E-state index contributed by atoms with van der Waals surface area (Å²) in [5, 5.41) is 9.15. The highest BCUT2D eigenvalue weighted by atomic mass is 19.4. The molecule has 1 amide bonds. The van der Waals surface area contributed by atoms with Gasteiger partial charge in [0.25, 0.3) is 0 Å². The van der Waals surface area contributed by atoms with Crippen LogP contribution < -0.4 is 9.64 Å². The summed E-state index contributed by atoms with van der Waals surface area (Å²) in [6.45, 7) is 3.82. The minimum absolute atomic E-state index is 0.0460. The molecule has 23 heavy (non-hydrogen) atoms. The molecule has 1 aromatic rings. The molecule has 0 spiro atoms. The number of fused-ring (bicyclic) bond motifs is 1. The molecule has 0 radical (unpaired) electrons. The largest absolute Gasteiger partial charge is 0.573 e. The van der Waals surface area contributed by atoms with E-state index >= 15 is 0 Å². The lowest BCUT2D eigenvalue weighted by Gasteiger charge is -2.25. The van der Waals surface area contributed by atoms with Gasteiger partial charge in [0, 0.05) is 43.2 Å². The van der Waals surface area contributed by atoms with E-state index in [1.54, 1.807) is 12.1 Å². The molecule has 0 saturated carbocycles. The molecule has 0 aliphatic carbocycles. The van der Waals surface area contributed by atoms with Gasteiger partial charge in [-0.05, 0) is 31.2 Å². The van der Waals surface area contributed by atoms with Gasteiger partial charge in [-0.2, -0.15) is 0 Å². The van der Waals surface area contributed by atoms with Crippen molar-refractivity contribution < 1.29 is 27.8 Å². The van der Waals surface area contributed by atoms with E-state index in [0.29, 0.717) is 19.6 Å². The number of nitrogens with zero attached hydrogens (tertiary/aromatic N) is 2. The van der Waals surface area contributed by atoms with E-state index in [9.17, 15) is 18.0 Å². The third kappa shape index (κ3) is 3.16. The first kappa shape index (κ1) is 15.8. The molecular weight excluding hydrogens is 313 g/mol. The van der Waals surface area contributed by atoms with Crippen LogP contribution in [-0.2, 0) is 0 Å². The zero-order chi connectivity index (χ0) is 16.8. The number of amides is 1. The lowest BCUT2D eigenvalue weighted by molar-refractivity contribution is -0.274. The fourth-order valence-electron chi connectivity index (χ4n) is 3.61. The molecule has 5 nitrogen and oxygen atoms in total. The van der Waals surface area contributed by atoms with Gasteiger partial charge in [0.15, 0.2) is 0 Å². The van der Waals surface area contributed by atoms with Crippen molar-refractivity contribution in [3.05, 3.63) is 24.3 Å². The molecule has 1 aromatic carbocycles. The van der Waals surface area contributed by atoms with Crippen molar-refractivity contribution in [1.29, 1.82) is 0 Å². The summed E-state index contributed by atoms with van der Waals surface area (Å²) in [6.07, 6.45) is -5.59. The molecule has 0 bridgehead atoms. The normalized spacial score (nSPS) is 27.2. The number of carbonyl (C=O) groups is 1. The van der Waals surface area contributed by atoms with Crippen LogP contribution in [0.15, 0.2) is 24.3 Å². The zero-order valence-corrected chi connectivity index (χ0v) is 12.5. The third-order valence-electron chi connectivity index (χ3n) is 4.72. The van der Waals surface area contributed by atoms with Crippen molar-refractivity contribution in [3.8, 4) is 5.75 Å². The van der Waals surface area contributed by atoms with Gasteiger partial charge in [-0.15, -0.1) is 13.2 Å². The number of halogens is 3. The molecule has 0 unspecified atom stereocenters. The number of ether oxygens (including phenoxy) is 1. The Labute approximate surface area is 131 Å². The Balaban J connectivity index is 1.66. The van der Waals surface area contributed by atoms with Crippen molar-refractivity contribution in [2.75, 3.05) is 24.5 Å². The van der Waals surface area contributed by atoms with Crippen LogP contribution in [-0.4, -0.2) is 48.1 Å². The second kappa shape index (κ2) is 5.50. The van der Waals surface area contributed by atoms with Crippen molar-refractivity contribution in [2.45, 2.75) is 19.3 Å². The molecule has 8 heteroatoms. The third-order valence-corrected chi connectivity index (χ3v) is 4.72. The lowest BCUT2D eigenvalue weighted by Crippen LogP contribution is -2.37. The first-order valence-electron chi connectivity index (χ1n) is 7.35. The molecule has 126 valence electrons. The molecule has 0 aromatic heterocycles. The van der Waals surface area contributed by atoms with Crippen LogP contribution in [0.25, 0.3) is 0 Å². The quantitative estimate of drug-likeness (QED) is 0.906. The fourth-order valence-corrected chi connectivity index (χ4v) is 3.61. The highest BCUT2D eigenvalue weighted by Gasteiger charge is 2.46. The molecule has 1 N–H and O–H groups in total. The fraction of sp³-hybridized carbons (Fsp3) is 0.533. The lowest BCUT2D eigenvalue weighted by atomic mass is 9.95. The van der Waals surface area contributed by atoms with Crippen LogP contribution >= 0.6 is 0 Å². The van der Waals surface area contributed by atoms with E-state index in [2.05, 4.69) is 9.64 Å². The molecule has 3 rings (SSSR count). The molecule has 3 atom stereocenters. The van der Waals surface area contributed by atoms with Gasteiger partial charge in [-0.3, -0.25) is 0 Å². The van der Waals surface area contributed by atoms with Crippen LogP contribution in [0.4, 0.5) is 23.7 Å². The predicted octanol–water partition coefficient (Wildman–Crippen LogP) is 3.02. The number of hydrogen-bond donors (Lipinski definition) is 1. The molecule has 2 heterocycles. The number of hydrogen-bond acceptors (Lipinski definition) is 3. The Bertz CT molecular complexity index is 591. The van der Waals surface area contributed by atoms with E-state index in [1.807, 2.05) is 6.92 Å². The SMILES string of the molecule is C[C@@H]1[C@H]2CN(c3ccc(OC(F)(F)F)cc3)C[C@H]2CN1C(=O)O. The number of benzene rings is 1. The number of alkyl halides is 3. The van der Waals surface area contributed by atoms with Gasteiger partial charge in [-0.25, -0.2) is 4.79 Å². The van der Waals surface area contributed by atoms with Crippen LogP contribution in [0.2, 0.25) is 0 Å². The van der Waals surface area contributed by atoms with E-state index in [1.165, 1.54) is 17.0 Å². The summed E-state index contributed by atoms with van der Waals surface area (Å²) in [5.74, 6) is 0.260. The number of likely N-dealkylation sites (tertiary alicyclic amines) is 1. The van der Waals surface area contributed by atoms with Gasteiger partial charge in [0.2, 0.25) is 0 Å². The minimum atomic E-state index is -4.69. The summed E-state index contributed by atoms with van der Waals surface area (Å²) >= 11 is 0. The van der Waals surface area contributed by atoms with Gasteiger partial charge in [-0.1, -0.05) is 0 Å². The maximum atomic E-state index is 12.2. The summed E-state index contributed by atoms with van der Waals surface area (Å²) < 4.78 is 40.3. The predicted molar refractivity (Wildman–Crippen MR) is 76.5 cm³/mol. The smallest absolute Gasteiger partial charge is 0.465 e. The van der Waals surface area contributed by atoms with E-state index in [-0.39, 0.29) is 23.6 Å². The number of anilines is 1. The molecular formula is C15H17F3N2O3. The maximum Gasteiger partial charge on any atom is 0.573 e. The zero-order valence-electron chi connectivity index (χ0n) is 12.5. The second-order valence-corrected chi connectivity index (χ2v) is 6.05. The standard InChI is InChI=1S/C15H17F3N2O3/c1-9-13-8-19(6-10(13)7-20(9)14(21)22)11-2-4-12(5-3-11)23-15(16,17)18/h2-5,9-10,13H,6-8H2,1H3,(H,21,22)/t9-,10+,13-/m1/s1. The minimum Gasteiger partial charge on any atom is -0.465 e. The van der Waals surface area contributed by atoms with Crippen molar-refractivity contribution in [1.82, 2.24) is 4.90 Å². The molecule has 2 saturated heterocycles. The van der Waals surface area contributed by atoms with Crippen molar-refractivity contribution >= 4 is 11.8 Å². The molecule has 2 fully saturated rings. The Kier molecular flexibility index (Phi) is 3.77.